The van der Waals surface area contributed by atoms with Crippen LogP contribution in [0.25, 0.3) is 22.4 Å². The maximum absolute atomic E-state index is 13.0. The molecule has 0 spiro atoms. The first kappa shape index (κ1) is 30.7. The number of amides is 1. The fourth-order valence-electron chi connectivity index (χ4n) is 3.70. The molecule has 3 N–H and O–H groups in total. The van der Waals surface area contributed by atoms with E-state index in [4.69, 9.17) is 9.53 Å². The smallest absolute Gasteiger partial charge is 0.433 e. The zero-order valence-corrected chi connectivity index (χ0v) is 22.5. The second-order valence-electron chi connectivity index (χ2n) is 8.48. The van der Waals surface area contributed by atoms with Crippen LogP contribution in [0.4, 0.5) is 24.7 Å². The zero-order chi connectivity index (χ0) is 30.0. The largest absolute Gasteiger partial charge is 0.475 e. The number of halogens is 3. The van der Waals surface area contributed by atoms with Gasteiger partial charge in [0.25, 0.3) is 5.91 Å². The maximum atomic E-state index is 13.0. The average molecular weight is 568 g/mol. The zero-order valence-electron chi connectivity index (χ0n) is 22.5. The minimum absolute atomic E-state index is 0.0505. The predicted molar refractivity (Wildman–Crippen MR) is 149 cm³/mol. The van der Waals surface area contributed by atoms with E-state index in [9.17, 15) is 23.1 Å². The lowest BCUT2D eigenvalue weighted by Gasteiger charge is -2.14. The van der Waals surface area contributed by atoms with Crippen LogP contribution in [0.2, 0.25) is 0 Å². The monoisotopic (exact) mass is 567 g/mol. The molecule has 9 nitrogen and oxygen atoms in total. The van der Waals surface area contributed by atoms with Gasteiger partial charge < -0.3 is 25.3 Å². The number of ether oxygens (including phenoxy) is 1. The topological polar surface area (TPSA) is 126 Å². The van der Waals surface area contributed by atoms with E-state index in [1.165, 1.54) is 13.0 Å². The van der Waals surface area contributed by atoms with Gasteiger partial charge in [-0.1, -0.05) is 6.07 Å². The Bertz CT molecular complexity index is 1510. The van der Waals surface area contributed by atoms with Gasteiger partial charge in [0.1, 0.15) is 24.4 Å². The second-order valence-corrected chi connectivity index (χ2v) is 8.48. The third-order valence-corrected chi connectivity index (χ3v) is 5.57. The average Bonchev–Trinajstić information content (AvgIpc) is 2.97. The summed E-state index contributed by atoms with van der Waals surface area (Å²) in [4.78, 5) is 33.6. The Morgan fingerprint density at radius 2 is 1.76 bits per heavy atom. The molecule has 0 aliphatic rings. The van der Waals surface area contributed by atoms with Crippen LogP contribution in [0.3, 0.4) is 0 Å². The second kappa shape index (κ2) is 14.0. The molecule has 0 unspecified atom stereocenters. The SMILES string of the molecule is CC=O.CNc1cc(-c2cc(-c3cc(NC(=O)c4ccnc(C(F)(F)F)c4)ccc3C)cc(OCCO)n2)ccn1. The van der Waals surface area contributed by atoms with Crippen molar-refractivity contribution in [3.63, 3.8) is 0 Å². The molecule has 0 radical (unpaired) electrons. The molecule has 4 rings (SSSR count). The van der Waals surface area contributed by atoms with Crippen molar-refractivity contribution in [1.29, 1.82) is 0 Å². The number of hydrogen-bond donors (Lipinski definition) is 3. The number of aldehydes is 1. The summed E-state index contributed by atoms with van der Waals surface area (Å²) in [6.07, 6.45) is -1.32. The van der Waals surface area contributed by atoms with Crippen molar-refractivity contribution in [2.75, 3.05) is 30.9 Å². The molecule has 214 valence electrons. The highest BCUT2D eigenvalue weighted by Gasteiger charge is 2.33. The Morgan fingerprint density at radius 3 is 2.44 bits per heavy atom. The number of aliphatic hydroxyl groups excluding tert-OH is 1. The highest BCUT2D eigenvalue weighted by atomic mass is 19.4. The highest BCUT2D eigenvalue weighted by molar-refractivity contribution is 6.04. The molecule has 12 heteroatoms. The number of carbonyl (C=O) groups excluding carboxylic acids is 2. The van der Waals surface area contributed by atoms with Crippen molar-refractivity contribution in [2.24, 2.45) is 0 Å². The number of carbonyl (C=O) groups is 2. The lowest BCUT2D eigenvalue weighted by atomic mass is 9.98. The van der Waals surface area contributed by atoms with Crippen LogP contribution in [0.15, 0.2) is 67.0 Å². The maximum Gasteiger partial charge on any atom is 0.433 e. The summed E-state index contributed by atoms with van der Waals surface area (Å²) in [5, 5.41) is 14.8. The lowest BCUT2D eigenvalue weighted by molar-refractivity contribution is -0.141. The van der Waals surface area contributed by atoms with E-state index in [0.717, 1.165) is 34.7 Å². The molecule has 0 fully saturated rings. The van der Waals surface area contributed by atoms with Crippen LogP contribution in [0.5, 0.6) is 5.88 Å². The van der Waals surface area contributed by atoms with Crippen molar-refractivity contribution in [3.05, 3.63) is 83.8 Å². The lowest BCUT2D eigenvalue weighted by Crippen LogP contribution is -2.15. The van der Waals surface area contributed by atoms with Crippen molar-refractivity contribution in [1.82, 2.24) is 15.0 Å². The Hall–Kier alpha value is -4.84. The molecule has 3 heterocycles. The number of aryl methyl sites for hydroxylation is 1. The number of benzene rings is 1. The van der Waals surface area contributed by atoms with Gasteiger partial charge in [0.15, 0.2) is 0 Å². The number of rotatable bonds is 8. The van der Waals surface area contributed by atoms with Gasteiger partial charge in [0.05, 0.1) is 12.3 Å². The van der Waals surface area contributed by atoms with E-state index in [1.807, 2.05) is 19.1 Å². The first-order valence-corrected chi connectivity index (χ1v) is 12.3. The van der Waals surface area contributed by atoms with E-state index < -0.39 is 17.8 Å². The molecule has 3 aromatic heterocycles. The van der Waals surface area contributed by atoms with Gasteiger partial charge in [-0.3, -0.25) is 9.78 Å². The molecule has 0 saturated carbocycles. The van der Waals surface area contributed by atoms with Gasteiger partial charge in [0.2, 0.25) is 5.88 Å². The molecule has 1 aromatic carbocycles. The summed E-state index contributed by atoms with van der Waals surface area (Å²) < 4.78 is 44.7. The van der Waals surface area contributed by atoms with Crippen molar-refractivity contribution in [2.45, 2.75) is 20.0 Å². The van der Waals surface area contributed by atoms with Crippen LogP contribution in [-0.2, 0) is 11.0 Å². The van der Waals surface area contributed by atoms with E-state index in [1.54, 1.807) is 43.6 Å². The van der Waals surface area contributed by atoms with Gasteiger partial charge >= 0.3 is 6.18 Å². The van der Waals surface area contributed by atoms with Gasteiger partial charge in [-0.2, -0.15) is 13.2 Å². The molecule has 0 aliphatic heterocycles. The van der Waals surface area contributed by atoms with Crippen molar-refractivity contribution < 1.29 is 32.6 Å². The standard InChI is InChI=1S/C27H24F3N5O3.C2H4O/c1-16-3-4-20(34-26(37)18-6-7-32-23(12-18)27(28,29)30)15-21(16)19-11-22(35-25(14-19)38-10-9-36)17-5-8-33-24(13-17)31-2;1-2-3/h3-8,11-15,36H,9-10H2,1-2H3,(H,31,33)(H,34,37);2H,1H3. The normalized spacial score (nSPS) is 10.7. The number of aliphatic hydroxyl groups is 1. The molecule has 41 heavy (non-hydrogen) atoms. The fraction of sp³-hybridized carbons (Fsp3) is 0.207. The summed E-state index contributed by atoms with van der Waals surface area (Å²) in [7, 11) is 1.75. The molecule has 1 amide bonds. The Labute approximate surface area is 234 Å². The van der Waals surface area contributed by atoms with Crippen LogP contribution in [0.1, 0.15) is 28.5 Å². The molecule has 4 aromatic rings. The summed E-state index contributed by atoms with van der Waals surface area (Å²) in [6, 6.07) is 14.3. The van der Waals surface area contributed by atoms with Gasteiger partial charge in [-0.25, -0.2) is 9.97 Å². The Kier molecular flexibility index (Phi) is 10.5. The molecular weight excluding hydrogens is 539 g/mol. The van der Waals surface area contributed by atoms with Crippen molar-refractivity contribution >= 4 is 23.7 Å². The third-order valence-electron chi connectivity index (χ3n) is 5.57. The highest BCUT2D eigenvalue weighted by Crippen LogP contribution is 2.33. The van der Waals surface area contributed by atoms with Crippen LogP contribution < -0.4 is 15.4 Å². The number of aromatic nitrogens is 3. The summed E-state index contributed by atoms with van der Waals surface area (Å²) in [5.74, 6) is 0.240. The van der Waals surface area contributed by atoms with Crippen LogP contribution >= 0.6 is 0 Å². The number of anilines is 2. The minimum Gasteiger partial charge on any atom is -0.475 e. The van der Waals surface area contributed by atoms with E-state index >= 15 is 0 Å². The molecule has 0 atom stereocenters. The number of pyridine rings is 3. The van der Waals surface area contributed by atoms with Crippen LogP contribution in [0, 0.1) is 6.92 Å². The third kappa shape index (κ3) is 8.32. The molecular formula is C29H28F3N5O4. The molecule has 0 saturated heterocycles. The van der Waals surface area contributed by atoms with E-state index in [-0.39, 0.29) is 18.8 Å². The van der Waals surface area contributed by atoms with Gasteiger partial charge in [-0.15, -0.1) is 0 Å². The van der Waals surface area contributed by atoms with E-state index in [2.05, 4.69) is 25.6 Å². The van der Waals surface area contributed by atoms with Gasteiger partial charge in [0, 0.05) is 42.3 Å². The summed E-state index contributed by atoms with van der Waals surface area (Å²) in [6.45, 7) is 3.19. The van der Waals surface area contributed by atoms with E-state index in [0.29, 0.717) is 29.1 Å². The molecule has 0 aliphatic carbocycles. The summed E-state index contributed by atoms with van der Waals surface area (Å²) >= 11 is 0. The number of nitrogens with one attached hydrogen (secondary N) is 2. The first-order valence-electron chi connectivity index (χ1n) is 12.3. The van der Waals surface area contributed by atoms with Crippen molar-refractivity contribution in [3.8, 4) is 28.3 Å². The minimum atomic E-state index is -4.66. The Balaban J connectivity index is 0.00000147. The number of hydrogen-bond acceptors (Lipinski definition) is 8. The number of nitrogens with zero attached hydrogens (tertiary/aromatic N) is 3. The quantitative estimate of drug-likeness (QED) is 0.242. The Morgan fingerprint density at radius 1 is 1.02 bits per heavy atom. The first-order chi connectivity index (χ1) is 19.6. The van der Waals surface area contributed by atoms with Gasteiger partial charge in [-0.05, 0) is 73.0 Å². The molecule has 0 bridgehead atoms. The fourth-order valence-corrected chi connectivity index (χ4v) is 3.70. The van der Waals surface area contributed by atoms with Crippen LogP contribution in [-0.4, -0.2) is 52.5 Å². The summed E-state index contributed by atoms with van der Waals surface area (Å²) in [5.41, 5.74) is 2.79. The predicted octanol–water partition coefficient (Wildman–Crippen LogP) is 5.40. The number of alkyl halides is 3.